The number of anilines is 1. The van der Waals surface area contributed by atoms with Crippen LogP contribution in [-0.2, 0) is 4.79 Å². The van der Waals surface area contributed by atoms with Gasteiger partial charge < -0.3 is 10.6 Å². The van der Waals surface area contributed by atoms with Crippen LogP contribution >= 0.6 is 0 Å². The minimum Gasteiger partial charge on any atom is -0.324 e. The number of nitro benzene ring substituents is 1. The van der Waals surface area contributed by atoms with E-state index in [4.69, 9.17) is 5.26 Å². The summed E-state index contributed by atoms with van der Waals surface area (Å²) in [6.07, 6.45) is 0. The summed E-state index contributed by atoms with van der Waals surface area (Å²) in [5, 5.41) is 24.7. The molecule has 1 aromatic carbocycles. The van der Waals surface area contributed by atoms with Crippen LogP contribution in [0.15, 0.2) is 18.2 Å². The number of non-ortho nitro benzene ring substituents is 1. The Morgan fingerprint density at radius 1 is 1.56 bits per heavy atom. The monoisotopic (exact) mass is 248 g/mol. The van der Waals surface area contributed by atoms with E-state index in [0.29, 0.717) is 0 Å². The van der Waals surface area contributed by atoms with Crippen molar-refractivity contribution in [1.29, 1.82) is 5.26 Å². The van der Waals surface area contributed by atoms with E-state index < -0.39 is 11.0 Å². The van der Waals surface area contributed by atoms with Crippen molar-refractivity contribution in [2.75, 3.05) is 12.4 Å². The molecule has 18 heavy (non-hydrogen) atoms. The molecule has 0 aromatic heterocycles. The zero-order chi connectivity index (χ0) is 13.7. The van der Waals surface area contributed by atoms with E-state index in [0.717, 1.165) is 6.07 Å². The second-order valence-electron chi connectivity index (χ2n) is 3.60. The van der Waals surface area contributed by atoms with Crippen LogP contribution < -0.4 is 10.6 Å². The molecule has 1 unspecified atom stereocenters. The zero-order valence-electron chi connectivity index (χ0n) is 9.93. The van der Waals surface area contributed by atoms with E-state index >= 15 is 0 Å². The van der Waals surface area contributed by atoms with Gasteiger partial charge in [-0.1, -0.05) is 0 Å². The SMILES string of the molecule is CNC(C)C(=O)Nc1ccc([N+](=O)[O-])cc1C#N. The molecular formula is C11H12N4O3. The second-order valence-corrected chi connectivity index (χ2v) is 3.60. The van der Waals surface area contributed by atoms with Crippen LogP contribution in [0.25, 0.3) is 0 Å². The lowest BCUT2D eigenvalue weighted by molar-refractivity contribution is -0.384. The number of rotatable bonds is 4. The molecule has 0 heterocycles. The van der Waals surface area contributed by atoms with Crippen molar-refractivity contribution >= 4 is 17.3 Å². The van der Waals surface area contributed by atoms with E-state index in [1.54, 1.807) is 14.0 Å². The predicted octanol–water partition coefficient (Wildman–Crippen LogP) is 1.01. The van der Waals surface area contributed by atoms with Crippen LogP contribution in [0.3, 0.4) is 0 Å². The molecule has 7 nitrogen and oxygen atoms in total. The number of hydrogen-bond acceptors (Lipinski definition) is 5. The molecular weight excluding hydrogens is 236 g/mol. The highest BCUT2D eigenvalue weighted by Crippen LogP contribution is 2.21. The molecule has 0 aliphatic carbocycles. The first-order chi connectivity index (χ1) is 8.49. The Morgan fingerprint density at radius 3 is 2.72 bits per heavy atom. The summed E-state index contributed by atoms with van der Waals surface area (Å²) in [7, 11) is 1.63. The third kappa shape index (κ3) is 3.02. The fourth-order valence-electron chi connectivity index (χ4n) is 1.22. The Labute approximate surface area is 104 Å². The van der Waals surface area contributed by atoms with Crippen LogP contribution in [0.2, 0.25) is 0 Å². The number of likely N-dealkylation sites (N-methyl/N-ethyl adjacent to an activating group) is 1. The van der Waals surface area contributed by atoms with E-state index in [1.165, 1.54) is 12.1 Å². The first-order valence-corrected chi connectivity index (χ1v) is 5.16. The van der Waals surface area contributed by atoms with Crippen LogP contribution in [-0.4, -0.2) is 23.9 Å². The summed E-state index contributed by atoms with van der Waals surface area (Å²) in [4.78, 5) is 21.6. The second kappa shape index (κ2) is 5.75. The molecule has 0 radical (unpaired) electrons. The molecule has 1 amide bonds. The lowest BCUT2D eigenvalue weighted by Gasteiger charge is -2.11. The van der Waals surface area contributed by atoms with E-state index in [1.807, 2.05) is 6.07 Å². The quantitative estimate of drug-likeness (QED) is 0.610. The van der Waals surface area contributed by atoms with Crippen molar-refractivity contribution < 1.29 is 9.72 Å². The van der Waals surface area contributed by atoms with Gasteiger partial charge in [0.05, 0.1) is 22.2 Å². The molecule has 0 saturated heterocycles. The number of nitrogens with one attached hydrogen (secondary N) is 2. The molecule has 1 aromatic rings. The average Bonchev–Trinajstić information content (AvgIpc) is 2.37. The minimum atomic E-state index is -0.595. The van der Waals surface area contributed by atoms with Crippen LogP contribution in [0.1, 0.15) is 12.5 Å². The van der Waals surface area contributed by atoms with Crippen molar-refractivity contribution in [3.8, 4) is 6.07 Å². The van der Waals surface area contributed by atoms with Gasteiger partial charge in [0, 0.05) is 12.1 Å². The molecule has 1 atom stereocenters. The molecule has 7 heteroatoms. The molecule has 0 spiro atoms. The van der Waals surface area contributed by atoms with Gasteiger partial charge in [-0.25, -0.2) is 0 Å². The van der Waals surface area contributed by atoms with E-state index in [-0.39, 0.29) is 22.8 Å². The largest absolute Gasteiger partial charge is 0.324 e. The van der Waals surface area contributed by atoms with Crippen LogP contribution in [0, 0.1) is 21.4 Å². The summed E-state index contributed by atoms with van der Waals surface area (Å²) < 4.78 is 0. The maximum Gasteiger partial charge on any atom is 0.270 e. The summed E-state index contributed by atoms with van der Waals surface area (Å²) >= 11 is 0. The molecule has 94 valence electrons. The Hall–Kier alpha value is -2.46. The number of benzene rings is 1. The van der Waals surface area contributed by atoms with Gasteiger partial charge in [-0.2, -0.15) is 5.26 Å². The van der Waals surface area contributed by atoms with Gasteiger partial charge in [-0.05, 0) is 20.0 Å². The summed E-state index contributed by atoms with van der Waals surface area (Å²) in [6, 6.07) is 5.09. The predicted molar refractivity (Wildman–Crippen MR) is 65.0 cm³/mol. The Kier molecular flexibility index (Phi) is 4.34. The van der Waals surface area contributed by atoms with Gasteiger partial charge in [0.15, 0.2) is 0 Å². The lowest BCUT2D eigenvalue weighted by atomic mass is 10.1. The van der Waals surface area contributed by atoms with Crippen LogP contribution in [0.5, 0.6) is 0 Å². The van der Waals surface area contributed by atoms with Crippen molar-refractivity contribution in [3.63, 3.8) is 0 Å². The Morgan fingerprint density at radius 2 is 2.22 bits per heavy atom. The molecule has 0 aliphatic heterocycles. The van der Waals surface area contributed by atoms with Crippen LogP contribution in [0.4, 0.5) is 11.4 Å². The third-order valence-electron chi connectivity index (χ3n) is 2.42. The van der Waals surface area contributed by atoms with Gasteiger partial charge in [0.1, 0.15) is 6.07 Å². The van der Waals surface area contributed by atoms with Gasteiger partial charge in [0.2, 0.25) is 5.91 Å². The molecule has 0 bridgehead atoms. The number of nitriles is 1. The number of nitro groups is 1. The molecule has 0 aliphatic rings. The first-order valence-electron chi connectivity index (χ1n) is 5.16. The number of amides is 1. The summed E-state index contributed by atoms with van der Waals surface area (Å²) in [5.74, 6) is -0.317. The Bertz CT molecular complexity index is 522. The molecule has 1 rings (SSSR count). The molecule has 0 fully saturated rings. The highest BCUT2D eigenvalue weighted by molar-refractivity contribution is 5.95. The number of nitrogens with zero attached hydrogens (tertiary/aromatic N) is 2. The molecule has 0 saturated carbocycles. The fourth-order valence-corrected chi connectivity index (χ4v) is 1.22. The zero-order valence-corrected chi connectivity index (χ0v) is 9.93. The third-order valence-corrected chi connectivity index (χ3v) is 2.42. The molecule has 2 N–H and O–H groups in total. The fraction of sp³-hybridized carbons (Fsp3) is 0.273. The van der Waals surface area contributed by atoms with Crippen molar-refractivity contribution in [1.82, 2.24) is 5.32 Å². The van der Waals surface area contributed by atoms with Crippen molar-refractivity contribution in [2.45, 2.75) is 13.0 Å². The van der Waals surface area contributed by atoms with Gasteiger partial charge in [-0.3, -0.25) is 14.9 Å². The van der Waals surface area contributed by atoms with Crippen molar-refractivity contribution in [2.24, 2.45) is 0 Å². The van der Waals surface area contributed by atoms with Crippen molar-refractivity contribution in [3.05, 3.63) is 33.9 Å². The number of carbonyl (C=O) groups is 1. The van der Waals surface area contributed by atoms with Gasteiger partial charge in [0.25, 0.3) is 5.69 Å². The summed E-state index contributed by atoms with van der Waals surface area (Å²) in [5.41, 5.74) is 0.127. The van der Waals surface area contributed by atoms with E-state index in [2.05, 4.69) is 10.6 Å². The highest BCUT2D eigenvalue weighted by atomic mass is 16.6. The standard InChI is InChI=1S/C11H12N4O3/c1-7(13-2)11(16)14-10-4-3-9(15(17)18)5-8(10)6-12/h3-5,7,13H,1-2H3,(H,14,16). The highest BCUT2D eigenvalue weighted by Gasteiger charge is 2.15. The first kappa shape index (κ1) is 13.6. The summed E-state index contributed by atoms with van der Waals surface area (Å²) in [6.45, 7) is 1.66. The van der Waals surface area contributed by atoms with Gasteiger partial charge >= 0.3 is 0 Å². The number of hydrogen-bond donors (Lipinski definition) is 2. The maximum absolute atomic E-state index is 11.6. The topological polar surface area (TPSA) is 108 Å². The van der Waals surface area contributed by atoms with Gasteiger partial charge in [-0.15, -0.1) is 0 Å². The number of carbonyl (C=O) groups excluding carboxylic acids is 1. The minimum absolute atomic E-state index is 0.0563. The Balaban J connectivity index is 3.01. The normalized spacial score (nSPS) is 11.4. The smallest absolute Gasteiger partial charge is 0.270 e. The lowest BCUT2D eigenvalue weighted by Crippen LogP contribution is -2.35. The van der Waals surface area contributed by atoms with E-state index in [9.17, 15) is 14.9 Å². The maximum atomic E-state index is 11.6. The average molecular weight is 248 g/mol.